The minimum absolute atomic E-state index is 0.133. The maximum Gasteiger partial charge on any atom is 0.343 e. The lowest BCUT2D eigenvalue weighted by atomic mass is 9.80. The van der Waals surface area contributed by atoms with Crippen molar-refractivity contribution in [3.05, 3.63) is 122 Å². The first-order valence-corrected chi connectivity index (χ1v) is 11.9. The van der Waals surface area contributed by atoms with E-state index in [0.717, 1.165) is 5.56 Å². The minimum Gasteiger partial charge on any atom is -0.463 e. The summed E-state index contributed by atoms with van der Waals surface area (Å²) in [6, 6.07) is 18.9. The minimum atomic E-state index is -0.690. The van der Waals surface area contributed by atoms with Gasteiger partial charge in [0.15, 0.2) is 5.78 Å². The van der Waals surface area contributed by atoms with Crippen LogP contribution in [-0.2, 0) is 9.53 Å². The van der Waals surface area contributed by atoms with Crippen LogP contribution in [0, 0.1) is 10.1 Å². The van der Waals surface area contributed by atoms with Gasteiger partial charge in [-0.25, -0.2) is 9.59 Å². The number of nitro groups is 1. The fourth-order valence-corrected chi connectivity index (χ4v) is 4.76. The fourth-order valence-electron chi connectivity index (χ4n) is 4.76. The number of fused-ring (bicyclic) bond motifs is 2. The van der Waals surface area contributed by atoms with Crippen molar-refractivity contribution in [2.75, 3.05) is 6.61 Å². The number of hydrogen-bond donors (Lipinski definition) is 1. The topological polar surface area (TPSA) is 125 Å². The van der Waals surface area contributed by atoms with Crippen molar-refractivity contribution < 1.29 is 28.8 Å². The lowest BCUT2D eigenvalue weighted by Gasteiger charge is -2.29. The quantitative estimate of drug-likeness (QED) is 0.214. The van der Waals surface area contributed by atoms with E-state index in [1.807, 2.05) is 12.1 Å². The molecule has 1 aliphatic carbocycles. The zero-order valence-electron chi connectivity index (χ0n) is 20.5. The normalized spacial score (nSPS) is 15.9. The molecule has 0 fully saturated rings. The van der Waals surface area contributed by atoms with Gasteiger partial charge in [-0.3, -0.25) is 14.9 Å². The first-order chi connectivity index (χ1) is 18.3. The van der Waals surface area contributed by atoms with Crippen LogP contribution in [0.3, 0.4) is 0 Å². The van der Waals surface area contributed by atoms with Gasteiger partial charge in [-0.1, -0.05) is 36.4 Å². The number of Topliss-reactive ketones (excluding diaryl/α,β-unsaturated/α-hetero) is 1. The third-order valence-electron chi connectivity index (χ3n) is 6.48. The summed E-state index contributed by atoms with van der Waals surface area (Å²) < 4.78 is 10.8. The number of carbonyl (C=O) groups excluding carboxylic acids is 3. The van der Waals surface area contributed by atoms with Crippen molar-refractivity contribution in [1.82, 2.24) is 5.32 Å². The summed E-state index contributed by atoms with van der Waals surface area (Å²) in [4.78, 5) is 49.4. The number of carbonyl (C=O) groups is 3. The molecule has 0 saturated heterocycles. The zero-order valence-corrected chi connectivity index (χ0v) is 20.5. The smallest absolute Gasteiger partial charge is 0.343 e. The highest BCUT2D eigenvalue weighted by molar-refractivity contribution is 6.23. The molecule has 1 aliphatic heterocycles. The van der Waals surface area contributed by atoms with Crippen molar-refractivity contribution in [3.63, 3.8) is 0 Å². The molecule has 0 unspecified atom stereocenters. The van der Waals surface area contributed by atoms with E-state index in [1.54, 1.807) is 50.2 Å². The van der Waals surface area contributed by atoms with Gasteiger partial charge in [-0.05, 0) is 43.7 Å². The van der Waals surface area contributed by atoms with Gasteiger partial charge in [0.05, 0.1) is 28.4 Å². The number of esters is 2. The fraction of sp³-hybridized carbons (Fsp3) is 0.138. The van der Waals surface area contributed by atoms with Gasteiger partial charge >= 0.3 is 11.9 Å². The average molecular weight is 511 g/mol. The highest BCUT2D eigenvalue weighted by atomic mass is 16.6. The predicted molar refractivity (Wildman–Crippen MR) is 137 cm³/mol. The van der Waals surface area contributed by atoms with Gasteiger partial charge in [-0.2, -0.15) is 0 Å². The number of dihydropyridines is 1. The van der Waals surface area contributed by atoms with E-state index in [-0.39, 0.29) is 29.4 Å². The molecule has 0 aromatic heterocycles. The first kappa shape index (κ1) is 24.6. The van der Waals surface area contributed by atoms with E-state index in [1.165, 1.54) is 24.3 Å². The SMILES string of the molecule is CCOC(=O)C1=C(C)NC2=C(C(=O)c3ccccc32)[C@@H]1c1ccc(OC(=O)c2ccc([N+](=O)[O-])cc2)cc1. The Labute approximate surface area is 217 Å². The van der Waals surface area contributed by atoms with Crippen LogP contribution in [0.5, 0.6) is 5.75 Å². The largest absolute Gasteiger partial charge is 0.463 e. The van der Waals surface area contributed by atoms with E-state index < -0.39 is 22.8 Å². The number of hydrogen-bond acceptors (Lipinski definition) is 8. The Hall–Kier alpha value is -5.05. The molecule has 0 radical (unpaired) electrons. The second-order valence-electron chi connectivity index (χ2n) is 8.74. The molecule has 190 valence electrons. The molecule has 9 heteroatoms. The number of allylic oxidation sites excluding steroid dienone is 2. The standard InChI is InChI=1S/C29H22N2O7/c1-3-37-29(34)23-16(2)30-26-21-6-4-5-7-22(21)27(32)25(26)24(23)17-10-14-20(15-11-17)38-28(33)18-8-12-19(13-9-18)31(35)36/h4-15,24,30H,3H2,1-2H3/t24-/m1/s1. The summed E-state index contributed by atoms with van der Waals surface area (Å²) in [7, 11) is 0. The Balaban J connectivity index is 1.48. The third-order valence-corrected chi connectivity index (χ3v) is 6.48. The van der Waals surface area contributed by atoms with Crippen molar-refractivity contribution in [3.8, 4) is 5.75 Å². The van der Waals surface area contributed by atoms with Gasteiger partial charge < -0.3 is 14.8 Å². The summed E-state index contributed by atoms with van der Waals surface area (Å²) in [5, 5.41) is 14.1. The molecule has 3 aromatic rings. The number of nitro benzene ring substituents is 1. The number of benzene rings is 3. The second-order valence-corrected chi connectivity index (χ2v) is 8.74. The number of nitrogens with zero attached hydrogens (tertiary/aromatic N) is 1. The molecule has 1 N–H and O–H groups in total. The molecule has 0 amide bonds. The van der Waals surface area contributed by atoms with E-state index in [0.29, 0.717) is 33.7 Å². The second kappa shape index (κ2) is 9.78. The number of ether oxygens (including phenoxy) is 2. The van der Waals surface area contributed by atoms with E-state index in [9.17, 15) is 24.5 Å². The molecule has 0 bridgehead atoms. The number of nitrogens with one attached hydrogen (secondary N) is 1. The highest BCUT2D eigenvalue weighted by Gasteiger charge is 2.42. The van der Waals surface area contributed by atoms with Crippen LogP contribution >= 0.6 is 0 Å². The van der Waals surface area contributed by atoms with Crippen LogP contribution in [0.25, 0.3) is 5.70 Å². The molecule has 0 saturated carbocycles. The zero-order chi connectivity index (χ0) is 27.0. The van der Waals surface area contributed by atoms with Crippen LogP contribution in [0.15, 0.2) is 89.6 Å². The van der Waals surface area contributed by atoms with Crippen LogP contribution in [-0.4, -0.2) is 29.3 Å². The Morgan fingerprint density at radius 3 is 2.24 bits per heavy atom. The Morgan fingerprint density at radius 1 is 0.947 bits per heavy atom. The van der Waals surface area contributed by atoms with Gasteiger partial charge in [-0.15, -0.1) is 0 Å². The molecule has 1 atom stereocenters. The third kappa shape index (κ3) is 4.24. The van der Waals surface area contributed by atoms with E-state index in [2.05, 4.69) is 5.32 Å². The van der Waals surface area contributed by atoms with Crippen LogP contribution in [0.4, 0.5) is 5.69 Å². The molecule has 3 aromatic carbocycles. The van der Waals surface area contributed by atoms with Crippen LogP contribution in [0.1, 0.15) is 51.6 Å². The predicted octanol–water partition coefficient (Wildman–Crippen LogP) is 4.95. The Morgan fingerprint density at radius 2 is 1.61 bits per heavy atom. The Bertz CT molecular complexity index is 1550. The molecular formula is C29H22N2O7. The summed E-state index contributed by atoms with van der Waals surface area (Å²) in [5.74, 6) is -1.82. The molecule has 1 heterocycles. The van der Waals surface area contributed by atoms with Gasteiger partial charge in [0.25, 0.3) is 5.69 Å². The molecule has 2 aliphatic rings. The lowest BCUT2D eigenvalue weighted by Crippen LogP contribution is -2.29. The van der Waals surface area contributed by atoms with Crippen molar-refractivity contribution in [1.29, 1.82) is 0 Å². The molecule has 5 rings (SSSR count). The number of rotatable bonds is 6. The maximum absolute atomic E-state index is 13.5. The summed E-state index contributed by atoms with van der Waals surface area (Å²) >= 11 is 0. The van der Waals surface area contributed by atoms with Gasteiger partial charge in [0.1, 0.15) is 5.75 Å². The monoisotopic (exact) mass is 510 g/mol. The van der Waals surface area contributed by atoms with Crippen LogP contribution in [0.2, 0.25) is 0 Å². The van der Waals surface area contributed by atoms with Crippen molar-refractivity contribution >= 4 is 29.1 Å². The van der Waals surface area contributed by atoms with Crippen molar-refractivity contribution in [2.24, 2.45) is 0 Å². The van der Waals surface area contributed by atoms with E-state index in [4.69, 9.17) is 9.47 Å². The lowest BCUT2D eigenvalue weighted by molar-refractivity contribution is -0.384. The molecule has 38 heavy (non-hydrogen) atoms. The molecule has 9 nitrogen and oxygen atoms in total. The summed E-state index contributed by atoms with van der Waals surface area (Å²) in [5.41, 5.74) is 4.04. The first-order valence-electron chi connectivity index (χ1n) is 11.9. The molecule has 0 spiro atoms. The summed E-state index contributed by atoms with van der Waals surface area (Å²) in [6.07, 6.45) is 0. The average Bonchev–Trinajstić information content (AvgIpc) is 3.20. The van der Waals surface area contributed by atoms with Crippen molar-refractivity contribution in [2.45, 2.75) is 19.8 Å². The number of non-ortho nitro benzene ring substituents is 1. The number of ketones is 1. The Kier molecular flexibility index (Phi) is 6.34. The molecular weight excluding hydrogens is 488 g/mol. The summed E-state index contributed by atoms with van der Waals surface area (Å²) in [6.45, 7) is 3.67. The maximum atomic E-state index is 13.5. The van der Waals surface area contributed by atoms with Gasteiger partial charge in [0, 0.05) is 40.4 Å². The van der Waals surface area contributed by atoms with Crippen LogP contribution < -0.4 is 10.1 Å². The highest BCUT2D eigenvalue weighted by Crippen LogP contribution is 2.46. The van der Waals surface area contributed by atoms with E-state index >= 15 is 0 Å². The van der Waals surface area contributed by atoms with Gasteiger partial charge in [0.2, 0.25) is 0 Å².